The van der Waals surface area contributed by atoms with E-state index in [9.17, 15) is 0 Å². The zero-order valence-corrected chi connectivity index (χ0v) is 7.59. The fourth-order valence-corrected chi connectivity index (χ4v) is 1.73. The lowest BCUT2D eigenvalue weighted by Crippen LogP contribution is -2.14. The second-order valence-corrected chi connectivity index (χ2v) is 3.75. The zero-order chi connectivity index (χ0) is 8.55. The quantitative estimate of drug-likeness (QED) is 0.660. The van der Waals surface area contributed by atoms with E-state index < -0.39 is 0 Å². The second kappa shape index (κ2) is 2.90. The van der Waals surface area contributed by atoms with Gasteiger partial charge in [-0.1, -0.05) is 6.92 Å². The van der Waals surface area contributed by atoms with E-state index >= 15 is 0 Å². The lowest BCUT2D eigenvalue weighted by atomic mass is 10.1. The molecule has 1 aromatic heterocycles. The highest BCUT2D eigenvalue weighted by molar-refractivity contribution is 5.04. The normalized spacial score (nSPS) is 29.5. The molecule has 12 heavy (non-hydrogen) atoms. The highest BCUT2D eigenvalue weighted by atomic mass is 15.0. The van der Waals surface area contributed by atoms with E-state index in [0.29, 0.717) is 6.04 Å². The maximum Gasteiger partial charge on any atom is 0.123 e. The van der Waals surface area contributed by atoms with Gasteiger partial charge in [0.1, 0.15) is 5.82 Å². The van der Waals surface area contributed by atoms with Crippen molar-refractivity contribution in [2.24, 2.45) is 5.92 Å². The Kier molecular flexibility index (Phi) is 1.89. The van der Waals surface area contributed by atoms with Gasteiger partial charge in [-0.2, -0.15) is 0 Å². The number of nitrogens with one attached hydrogen (secondary N) is 2. The number of aromatic nitrogens is 2. The highest BCUT2D eigenvalue weighted by Gasteiger charge is 2.23. The summed E-state index contributed by atoms with van der Waals surface area (Å²) in [7, 11) is 0. The molecular weight excluding hydrogens is 150 g/mol. The molecule has 2 atom stereocenters. The van der Waals surface area contributed by atoms with Gasteiger partial charge < -0.3 is 10.3 Å². The summed E-state index contributed by atoms with van der Waals surface area (Å²) in [6.07, 6.45) is 3.09. The van der Waals surface area contributed by atoms with Crippen molar-refractivity contribution in [3.8, 4) is 0 Å². The molecule has 0 saturated carbocycles. The SMILES string of the molecule is Cc1cnc([C@@H]2CC(C)CN2)[nH]1. The Labute approximate surface area is 72.6 Å². The molecule has 1 aliphatic heterocycles. The van der Waals surface area contributed by atoms with Crippen LogP contribution in [0.1, 0.15) is 30.9 Å². The van der Waals surface area contributed by atoms with Gasteiger partial charge in [-0.25, -0.2) is 4.98 Å². The number of imidazole rings is 1. The van der Waals surface area contributed by atoms with Crippen molar-refractivity contribution in [2.75, 3.05) is 6.54 Å². The third-order valence-electron chi connectivity index (χ3n) is 2.40. The van der Waals surface area contributed by atoms with Gasteiger partial charge in [0.25, 0.3) is 0 Å². The lowest BCUT2D eigenvalue weighted by Gasteiger charge is -2.05. The van der Waals surface area contributed by atoms with Gasteiger partial charge in [0.15, 0.2) is 0 Å². The predicted octanol–water partition coefficient (Wildman–Crippen LogP) is 1.39. The fourth-order valence-electron chi connectivity index (χ4n) is 1.73. The van der Waals surface area contributed by atoms with Crippen LogP contribution < -0.4 is 5.32 Å². The first-order valence-electron chi connectivity index (χ1n) is 4.50. The second-order valence-electron chi connectivity index (χ2n) is 3.75. The summed E-state index contributed by atoms with van der Waals surface area (Å²) in [5.74, 6) is 1.87. The molecule has 1 fully saturated rings. The molecule has 2 N–H and O–H groups in total. The van der Waals surface area contributed by atoms with Crippen molar-refractivity contribution < 1.29 is 0 Å². The van der Waals surface area contributed by atoms with Gasteiger partial charge >= 0.3 is 0 Å². The molecule has 1 unspecified atom stereocenters. The van der Waals surface area contributed by atoms with Crippen LogP contribution in [0.15, 0.2) is 6.20 Å². The molecule has 0 aromatic carbocycles. The zero-order valence-electron chi connectivity index (χ0n) is 7.59. The Hall–Kier alpha value is -0.830. The van der Waals surface area contributed by atoms with Gasteiger partial charge in [-0.05, 0) is 25.8 Å². The number of nitrogens with zero attached hydrogens (tertiary/aromatic N) is 1. The number of hydrogen-bond donors (Lipinski definition) is 2. The van der Waals surface area contributed by atoms with Gasteiger partial charge in [-0.15, -0.1) is 0 Å². The number of aryl methyl sites for hydroxylation is 1. The first-order valence-corrected chi connectivity index (χ1v) is 4.50. The summed E-state index contributed by atoms with van der Waals surface area (Å²) in [5, 5.41) is 3.44. The molecule has 0 bridgehead atoms. The predicted molar refractivity (Wildman–Crippen MR) is 47.8 cm³/mol. The molecule has 0 amide bonds. The Balaban J connectivity index is 2.11. The largest absolute Gasteiger partial charge is 0.345 e. The molecule has 0 spiro atoms. The Morgan fingerprint density at radius 2 is 2.42 bits per heavy atom. The van der Waals surface area contributed by atoms with Gasteiger partial charge in [0.05, 0.1) is 6.04 Å². The summed E-state index contributed by atoms with van der Waals surface area (Å²) in [4.78, 5) is 7.58. The molecule has 2 heterocycles. The Morgan fingerprint density at radius 1 is 1.58 bits per heavy atom. The molecule has 1 saturated heterocycles. The van der Waals surface area contributed by atoms with E-state index in [1.807, 2.05) is 13.1 Å². The van der Waals surface area contributed by atoms with Crippen LogP contribution in [0.2, 0.25) is 0 Å². The first-order chi connectivity index (χ1) is 5.75. The van der Waals surface area contributed by atoms with E-state index in [1.165, 1.54) is 6.42 Å². The Morgan fingerprint density at radius 3 is 2.92 bits per heavy atom. The molecule has 1 aromatic rings. The lowest BCUT2D eigenvalue weighted by molar-refractivity contribution is 0.587. The van der Waals surface area contributed by atoms with Crippen LogP contribution in [-0.2, 0) is 0 Å². The average Bonchev–Trinajstić information content (AvgIpc) is 2.58. The summed E-state index contributed by atoms with van der Waals surface area (Å²) >= 11 is 0. The van der Waals surface area contributed by atoms with Gasteiger partial charge in [0, 0.05) is 11.9 Å². The highest BCUT2D eigenvalue weighted by Crippen LogP contribution is 2.24. The first kappa shape index (κ1) is 7.80. The monoisotopic (exact) mass is 165 g/mol. The number of rotatable bonds is 1. The third-order valence-corrected chi connectivity index (χ3v) is 2.40. The van der Waals surface area contributed by atoms with Crippen LogP contribution in [-0.4, -0.2) is 16.5 Å². The van der Waals surface area contributed by atoms with Crippen molar-refractivity contribution in [1.82, 2.24) is 15.3 Å². The summed E-state index contributed by atoms with van der Waals surface area (Å²) in [6, 6.07) is 0.452. The van der Waals surface area contributed by atoms with Crippen LogP contribution in [0.4, 0.5) is 0 Å². The van der Waals surface area contributed by atoms with Crippen LogP contribution in [0.25, 0.3) is 0 Å². The fraction of sp³-hybridized carbons (Fsp3) is 0.667. The van der Waals surface area contributed by atoms with E-state index in [4.69, 9.17) is 0 Å². The summed E-state index contributed by atoms with van der Waals surface area (Å²) in [5.41, 5.74) is 1.14. The topological polar surface area (TPSA) is 40.7 Å². The molecule has 0 aliphatic carbocycles. The summed E-state index contributed by atoms with van der Waals surface area (Å²) < 4.78 is 0. The maximum atomic E-state index is 4.31. The minimum atomic E-state index is 0.452. The number of hydrogen-bond acceptors (Lipinski definition) is 2. The maximum absolute atomic E-state index is 4.31. The average molecular weight is 165 g/mol. The van der Waals surface area contributed by atoms with E-state index in [1.54, 1.807) is 0 Å². The van der Waals surface area contributed by atoms with Gasteiger partial charge in [-0.3, -0.25) is 0 Å². The van der Waals surface area contributed by atoms with Crippen molar-refractivity contribution in [2.45, 2.75) is 26.3 Å². The molecule has 66 valence electrons. The molecule has 3 nitrogen and oxygen atoms in total. The molecule has 1 aliphatic rings. The van der Waals surface area contributed by atoms with E-state index in [2.05, 4.69) is 22.2 Å². The van der Waals surface area contributed by atoms with Crippen molar-refractivity contribution in [3.63, 3.8) is 0 Å². The van der Waals surface area contributed by atoms with Crippen molar-refractivity contribution in [1.29, 1.82) is 0 Å². The smallest absolute Gasteiger partial charge is 0.123 e. The minimum absolute atomic E-state index is 0.452. The van der Waals surface area contributed by atoms with E-state index in [-0.39, 0.29) is 0 Å². The van der Waals surface area contributed by atoms with Crippen LogP contribution in [0.3, 0.4) is 0 Å². The summed E-state index contributed by atoms with van der Waals surface area (Å²) in [6.45, 7) is 5.42. The molecule has 2 rings (SSSR count). The van der Waals surface area contributed by atoms with Crippen LogP contribution in [0, 0.1) is 12.8 Å². The van der Waals surface area contributed by atoms with Crippen LogP contribution >= 0.6 is 0 Å². The van der Waals surface area contributed by atoms with Crippen molar-refractivity contribution >= 4 is 0 Å². The molecule has 3 heteroatoms. The minimum Gasteiger partial charge on any atom is -0.345 e. The number of H-pyrrole nitrogens is 1. The Bertz CT molecular complexity index is 266. The van der Waals surface area contributed by atoms with Crippen LogP contribution in [0.5, 0.6) is 0 Å². The van der Waals surface area contributed by atoms with E-state index in [0.717, 1.165) is 24.0 Å². The van der Waals surface area contributed by atoms with Crippen molar-refractivity contribution in [3.05, 3.63) is 17.7 Å². The standard InChI is InChI=1S/C9H15N3/c1-6-3-8(10-4-6)9-11-5-7(2)12-9/h5-6,8,10H,3-4H2,1-2H3,(H,11,12)/t6?,8-/m0/s1. The number of aromatic amines is 1. The van der Waals surface area contributed by atoms with Gasteiger partial charge in [0.2, 0.25) is 0 Å². The molecule has 0 radical (unpaired) electrons. The third kappa shape index (κ3) is 1.37. The molecular formula is C9H15N3.